The predicted molar refractivity (Wildman–Crippen MR) is 248 cm³/mol. The molecule has 0 saturated carbocycles. The van der Waals surface area contributed by atoms with Gasteiger partial charge >= 0.3 is 6.09 Å². The molecule has 0 bridgehead atoms. The Hall–Kier alpha value is -6.24. The van der Waals surface area contributed by atoms with Crippen LogP contribution in [0.1, 0.15) is 88.1 Å². The zero-order chi connectivity index (χ0) is 45.5. The van der Waals surface area contributed by atoms with Gasteiger partial charge in [0.05, 0.1) is 42.0 Å². The highest BCUT2D eigenvalue weighted by Crippen LogP contribution is 2.39. The van der Waals surface area contributed by atoms with E-state index >= 15 is 0 Å². The molecule has 0 radical (unpaired) electrons. The minimum atomic E-state index is -1.03. The molecule has 0 spiro atoms. The van der Waals surface area contributed by atoms with Crippen molar-refractivity contribution in [1.29, 1.82) is 0 Å². The van der Waals surface area contributed by atoms with Gasteiger partial charge in [-0.05, 0) is 44.7 Å². The molecule has 1 aliphatic heterocycles. The highest BCUT2D eigenvalue weighted by atomic mass is 16.5. The van der Waals surface area contributed by atoms with Gasteiger partial charge in [0.25, 0.3) is 0 Å². The third-order valence-corrected chi connectivity index (χ3v) is 12.8. The Kier molecular flexibility index (Phi) is 14.4. The number of hydrogen-bond donors (Lipinski definition) is 1. The van der Waals surface area contributed by atoms with Crippen molar-refractivity contribution in [3.8, 4) is 11.3 Å². The van der Waals surface area contributed by atoms with E-state index in [1.54, 1.807) is 32.7 Å². The lowest BCUT2D eigenvalue weighted by molar-refractivity contribution is -0.131. The van der Waals surface area contributed by atoms with Crippen molar-refractivity contribution in [3.63, 3.8) is 0 Å². The van der Waals surface area contributed by atoms with Crippen molar-refractivity contribution in [2.24, 2.45) is 5.41 Å². The van der Waals surface area contributed by atoms with Gasteiger partial charge in [0, 0.05) is 98.5 Å². The zero-order valence-electron chi connectivity index (χ0n) is 38.0. The third-order valence-electron chi connectivity index (χ3n) is 12.8. The molecule has 1 saturated heterocycles. The Labute approximate surface area is 376 Å². The first kappa shape index (κ1) is 45.8. The van der Waals surface area contributed by atoms with Gasteiger partial charge in [-0.25, -0.2) is 14.8 Å². The number of rotatable bonds is 17. The van der Waals surface area contributed by atoms with Gasteiger partial charge < -0.3 is 19.6 Å². The van der Waals surface area contributed by atoms with E-state index in [0.717, 1.165) is 45.1 Å². The number of ketones is 2. The smallest absolute Gasteiger partial charge is 0.407 e. The first-order chi connectivity index (χ1) is 30.7. The summed E-state index contributed by atoms with van der Waals surface area (Å²) in [5.41, 5.74) is 8.38. The molecular weight excluding hydrogens is 805 g/mol. The van der Waals surface area contributed by atoms with E-state index in [1.807, 2.05) is 68.4 Å². The standard InChI is InChI=1S/C52H60N6O6/c1-35-36(2)49(61)46(37(3)48(35)60)52(4,5)33-45(59)55(6)24-16-25-57(51(62)63)26-23-44(56-27-29-64-30-28-56)47-41(31-38-17-10-7-11-18-38)54-50-42(32-39-19-12-8-13-20-39)53-43(34-58(47)50)40-21-14-9-15-22-40/h7-15,17-22,34,44H,16,23-33H2,1-6H3,(H,62,63). The van der Waals surface area contributed by atoms with E-state index in [2.05, 4.69) is 51.9 Å². The van der Waals surface area contributed by atoms with Crippen LogP contribution in [-0.4, -0.2) is 111 Å². The van der Waals surface area contributed by atoms with Crippen LogP contribution >= 0.6 is 0 Å². The third kappa shape index (κ3) is 10.2. The molecule has 1 N–H and O–H groups in total. The number of ether oxygens (including phenoxy) is 1. The van der Waals surface area contributed by atoms with Gasteiger partial charge in [0.15, 0.2) is 17.2 Å². The number of carbonyl (C=O) groups excluding carboxylic acids is 3. The van der Waals surface area contributed by atoms with Gasteiger partial charge in [-0.3, -0.25) is 23.7 Å². The lowest BCUT2D eigenvalue weighted by Crippen LogP contribution is -2.42. The van der Waals surface area contributed by atoms with Gasteiger partial charge in [-0.1, -0.05) is 105 Å². The van der Waals surface area contributed by atoms with Gasteiger partial charge in [0.2, 0.25) is 5.91 Å². The number of fused-ring (bicyclic) bond motifs is 1. The molecule has 3 heterocycles. The summed E-state index contributed by atoms with van der Waals surface area (Å²) in [6.07, 6.45) is 3.18. The van der Waals surface area contributed by atoms with E-state index in [4.69, 9.17) is 14.7 Å². The molecule has 12 heteroatoms. The largest absolute Gasteiger partial charge is 0.465 e. The van der Waals surface area contributed by atoms with E-state index in [-0.39, 0.29) is 43.0 Å². The van der Waals surface area contributed by atoms with E-state index < -0.39 is 11.5 Å². The second-order valence-corrected chi connectivity index (χ2v) is 17.8. The fourth-order valence-corrected chi connectivity index (χ4v) is 9.20. The summed E-state index contributed by atoms with van der Waals surface area (Å²) in [7, 11) is 1.70. The maximum atomic E-state index is 13.6. The SMILES string of the molecule is CC1=C(C)C(=O)C(C(C)(C)CC(=O)N(C)CCCN(CCC(c2c(Cc3ccccc3)nc3c(Cc4ccccc4)nc(-c4ccccc4)cn23)N2CCOCC2)C(=O)O)=C(C)C1=O. The number of morpholine rings is 1. The van der Waals surface area contributed by atoms with Crippen LogP contribution in [0.15, 0.2) is 119 Å². The summed E-state index contributed by atoms with van der Waals surface area (Å²) in [5.74, 6) is -0.543. The number of hydrogen-bond acceptors (Lipinski definition) is 8. The number of aromatic nitrogens is 3. The fraction of sp³-hybridized carbons (Fsp3) is 0.385. The van der Waals surface area contributed by atoms with Crippen LogP contribution < -0.4 is 0 Å². The van der Waals surface area contributed by atoms with Crippen LogP contribution in [-0.2, 0) is 32.0 Å². The minimum Gasteiger partial charge on any atom is -0.465 e. The van der Waals surface area contributed by atoms with Crippen molar-refractivity contribution in [2.45, 2.75) is 72.8 Å². The summed E-state index contributed by atoms with van der Waals surface area (Å²) in [6, 6.07) is 30.5. The molecule has 1 atom stereocenters. The summed E-state index contributed by atoms with van der Waals surface area (Å²) < 4.78 is 8.06. The van der Waals surface area contributed by atoms with Gasteiger partial charge in [-0.2, -0.15) is 0 Å². The molecule has 1 unspecified atom stereocenters. The Morgan fingerprint density at radius 1 is 0.766 bits per heavy atom. The van der Waals surface area contributed by atoms with Crippen molar-refractivity contribution in [1.82, 2.24) is 29.1 Å². The first-order valence-electron chi connectivity index (χ1n) is 22.3. The zero-order valence-corrected chi connectivity index (χ0v) is 38.0. The molecular formula is C52H60N6O6. The van der Waals surface area contributed by atoms with Crippen LogP contribution in [0.4, 0.5) is 4.79 Å². The maximum absolute atomic E-state index is 13.6. The predicted octanol–water partition coefficient (Wildman–Crippen LogP) is 8.39. The second-order valence-electron chi connectivity index (χ2n) is 17.8. The molecule has 2 aromatic heterocycles. The number of Topliss-reactive ketones (excluding diaryl/α,β-unsaturated/α-hetero) is 2. The van der Waals surface area contributed by atoms with Crippen molar-refractivity contribution in [2.75, 3.05) is 53.0 Å². The highest BCUT2D eigenvalue weighted by Gasteiger charge is 2.39. The van der Waals surface area contributed by atoms with Crippen molar-refractivity contribution < 1.29 is 29.0 Å². The van der Waals surface area contributed by atoms with Crippen molar-refractivity contribution >= 4 is 29.2 Å². The molecule has 2 aliphatic rings. The maximum Gasteiger partial charge on any atom is 0.407 e. The number of imidazole rings is 1. The van der Waals surface area contributed by atoms with Crippen LogP contribution in [0.25, 0.3) is 16.9 Å². The number of benzene rings is 3. The topological polar surface area (TPSA) is 138 Å². The summed E-state index contributed by atoms with van der Waals surface area (Å²) in [6.45, 7) is 11.9. The van der Waals surface area contributed by atoms with Crippen LogP contribution in [0.5, 0.6) is 0 Å². The van der Waals surface area contributed by atoms with Gasteiger partial charge in [0.1, 0.15) is 0 Å². The highest BCUT2D eigenvalue weighted by molar-refractivity contribution is 6.25. The molecule has 12 nitrogen and oxygen atoms in total. The Bertz CT molecular complexity index is 2560. The van der Waals surface area contributed by atoms with E-state index in [1.165, 1.54) is 4.90 Å². The van der Waals surface area contributed by atoms with Crippen molar-refractivity contribution in [3.05, 3.63) is 148 Å². The molecule has 334 valence electrons. The Morgan fingerprint density at radius 3 is 1.95 bits per heavy atom. The first-order valence-corrected chi connectivity index (χ1v) is 22.3. The lowest BCUT2D eigenvalue weighted by Gasteiger charge is -2.36. The number of nitrogens with zero attached hydrogens (tertiary/aromatic N) is 6. The fourth-order valence-electron chi connectivity index (χ4n) is 9.20. The summed E-state index contributed by atoms with van der Waals surface area (Å²) >= 11 is 0. The second kappa shape index (κ2) is 20.1. The van der Waals surface area contributed by atoms with Crippen LogP contribution in [0.3, 0.4) is 0 Å². The molecule has 1 fully saturated rings. The lowest BCUT2D eigenvalue weighted by atomic mass is 9.71. The molecule has 7 rings (SSSR count). The number of allylic oxidation sites excluding steroid dienone is 4. The van der Waals surface area contributed by atoms with E-state index in [9.17, 15) is 24.3 Å². The average Bonchev–Trinajstić information content (AvgIpc) is 3.65. The quantitative estimate of drug-likeness (QED) is 0.0914. The Morgan fingerprint density at radius 2 is 1.34 bits per heavy atom. The van der Waals surface area contributed by atoms with Gasteiger partial charge in [-0.15, -0.1) is 0 Å². The summed E-state index contributed by atoms with van der Waals surface area (Å²) in [4.78, 5) is 68.9. The number of carbonyl (C=O) groups is 4. The molecule has 64 heavy (non-hydrogen) atoms. The van der Waals surface area contributed by atoms with E-state index in [0.29, 0.717) is 80.8 Å². The average molecular weight is 865 g/mol. The minimum absolute atomic E-state index is 0.0323. The Balaban J connectivity index is 1.16. The summed E-state index contributed by atoms with van der Waals surface area (Å²) in [5, 5.41) is 10.6. The molecule has 1 aliphatic carbocycles. The monoisotopic (exact) mass is 864 g/mol. The number of carboxylic acid groups (broad SMARTS) is 1. The number of amides is 2. The molecule has 2 amide bonds. The molecule has 3 aromatic carbocycles. The van der Waals surface area contributed by atoms with Crippen LogP contribution in [0.2, 0.25) is 0 Å². The normalized spacial score (nSPS) is 15.5. The molecule has 5 aromatic rings. The van der Waals surface area contributed by atoms with Crippen LogP contribution in [0, 0.1) is 5.41 Å².